The van der Waals surface area contributed by atoms with Gasteiger partial charge in [-0.1, -0.05) is 12.1 Å². The lowest BCUT2D eigenvalue weighted by Crippen LogP contribution is -2.31. The van der Waals surface area contributed by atoms with Crippen molar-refractivity contribution in [2.75, 3.05) is 7.05 Å². The smallest absolute Gasteiger partial charge is 0.245 e. The summed E-state index contributed by atoms with van der Waals surface area (Å²) in [6.07, 6.45) is 1.81. The van der Waals surface area contributed by atoms with E-state index in [1.165, 1.54) is 25.4 Å². The van der Waals surface area contributed by atoms with Crippen LogP contribution in [0.5, 0.6) is 0 Å². The highest BCUT2D eigenvalue weighted by atomic mass is 32.1. The average molecular weight is 317 g/mol. The van der Waals surface area contributed by atoms with Gasteiger partial charge >= 0.3 is 0 Å². The van der Waals surface area contributed by atoms with Gasteiger partial charge in [-0.15, -0.1) is 11.3 Å². The van der Waals surface area contributed by atoms with Crippen molar-refractivity contribution in [3.05, 3.63) is 51.7 Å². The molecule has 0 aliphatic carbocycles. The number of nitrogens with zero attached hydrogens (tertiary/aromatic N) is 2. The largest absolute Gasteiger partial charge is 0.358 e. The molecule has 112 valence electrons. The van der Waals surface area contributed by atoms with E-state index >= 15 is 0 Å². The summed E-state index contributed by atoms with van der Waals surface area (Å²) in [5.41, 5.74) is 0.859. The summed E-state index contributed by atoms with van der Waals surface area (Å²) in [5.74, 6) is -2.89. The first-order valence-corrected chi connectivity index (χ1v) is 7.21. The summed E-state index contributed by atoms with van der Waals surface area (Å²) in [6, 6.07) is 7.68. The molecule has 0 fully saturated rings. The van der Waals surface area contributed by atoms with Crippen molar-refractivity contribution < 1.29 is 14.0 Å². The number of ketones is 1. The van der Waals surface area contributed by atoms with Crippen LogP contribution in [-0.2, 0) is 11.2 Å². The highest BCUT2D eigenvalue weighted by Gasteiger charge is 2.28. The van der Waals surface area contributed by atoms with Crippen LogP contribution in [-0.4, -0.2) is 23.7 Å². The van der Waals surface area contributed by atoms with Crippen molar-refractivity contribution in [3.63, 3.8) is 0 Å². The molecule has 22 heavy (non-hydrogen) atoms. The molecular formula is C15H12FN3O2S. The summed E-state index contributed by atoms with van der Waals surface area (Å²) in [6.45, 7) is 0. The summed E-state index contributed by atoms with van der Waals surface area (Å²) in [7, 11) is 1.37. The minimum atomic E-state index is -1.37. The molecule has 0 unspecified atom stereocenters. The number of Topliss-reactive ketones (excluding diaryl/α,β-unsaturated/α-hetero) is 1. The highest BCUT2D eigenvalue weighted by molar-refractivity contribution is 7.13. The Labute approximate surface area is 130 Å². The Morgan fingerprint density at radius 3 is 2.68 bits per heavy atom. The van der Waals surface area contributed by atoms with Crippen molar-refractivity contribution in [1.82, 2.24) is 10.3 Å². The van der Waals surface area contributed by atoms with E-state index < -0.39 is 17.6 Å². The van der Waals surface area contributed by atoms with Crippen molar-refractivity contribution in [1.29, 1.82) is 5.26 Å². The maximum absolute atomic E-state index is 12.8. The van der Waals surface area contributed by atoms with Crippen LogP contribution in [0.15, 0.2) is 30.5 Å². The number of hydrogen-bond donors (Lipinski definition) is 1. The monoisotopic (exact) mass is 317 g/mol. The number of thiazole rings is 1. The molecule has 0 aliphatic heterocycles. The second kappa shape index (κ2) is 6.91. The summed E-state index contributed by atoms with van der Waals surface area (Å²) in [4.78, 5) is 28.0. The molecule has 0 bridgehead atoms. The third-order valence-corrected chi connectivity index (χ3v) is 3.98. The zero-order valence-electron chi connectivity index (χ0n) is 11.7. The lowest BCUT2D eigenvalue weighted by atomic mass is 10.0. The number of amides is 1. The van der Waals surface area contributed by atoms with Crippen molar-refractivity contribution >= 4 is 23.0 Å². The van der Waals surface area contributed by atoms with Crippen LogP contribution in [0.2, 0.25) is 0 Å². The molecule has 0 saturated carbocycles. The van der Waals surface area contributed by atoms with Crippen LogP contribution >= 0.6 is 11.3 Å². The molecule has 7 heteroatoms. The van der Waals surface area contributed by atoms with Crippen molar-refractivity contribution in [3.8, 4) is 6.07 Å². The van der Waals surface area contributed by atoms with Crippen LogP contribution in [0.1, 0.15) is 20.2 Å². The van der Waals surface area contributed by atoms with Crippen LogP contribution < -0.4 is 5.32 Å². The number of benzene rings is 1. The number of carbonyl (C=O) groups is 2. The fourth-order valence-electron chi connectivity index (χ4n) is 1.81. The minimum absolute atomic E-state index is 0.257. The Balaban J connectivity index is 2.14. The van der Waals surface area contributed by atoms with Gasteiger partial charge in [0, 0.05) is 19.7 Å². The Morgan fingerprint density at radius 1 is 1.41 bits per heavy atom. The maximum Gasteiger partial charge on any atom is 0.245 e. The second-order valence-corrected chi connectivity index (χ2v) is 5.58. The minimum Gasteiger partial charge on any atom is -0.358 e. The fraction of sp³-hybridized carbons (Fsp3) is 0.200. The molecule has 0 radical (unpaired) electrons. The van der Waals surface area contributed by atoms with Crippen LogP contribution in [0.3, 0.4) is 0 Å². The average Bonchev–Trinajstić information content (AvgIpc) is 2.98. The highest BCUT2D eigenvalue weighted by Crippen LogP contribution is 2.20. The van der Waals surface area contributed by atoms with E-state index in [0.717, 1.165) is 16.9 Å². The molecule has 0 aliphatic rings. The van der Waals surface area contributed by atoms with E-state index in [1.807, 2.05) is 0 Å². The molecule has 0 spiro atoms. The number of halogens is 1. The van der Waals surface area contributed by atoms with Gasteiger partial charge in [0.15, 0.2) is 5.92 Å². The molecule has 0 saturated heterocycles. The van der Waals surface area contributed by atoms with E-state index in [4.69, 9.17) is 5.26 Å². The predicted molar refractivity (Wildman–Crippen MR) is 78.8 cm³/mol. The van der Waals surface area contributed by atoms with Crippen molar-refractivity contribution in [2.24, 2.45) is 5.92 Å². The van der Waals surface area contributed by atoms with Gasteiger partial charge in [0.05, 0.1) is 16.0 Å². The Kier molecular flexibility index (Phi) is 4.96. The fourth-order valence-corrected chi connectivity index (χ4v) is 2.73. The third-order valence-electron chi connectivity index (χ3n) is 2.96. The summed E-state index contributed by atoms with van der Waals surface area (Å²) < 4.78 is 12.8. The maximum atomic E-state index is 12.8. The molecule has 1 N–H and O–H groups in total. The van der Waals surface area contributed by atoms with E-state index in [2.05, 4.69) is 10.3 Å². The molecule has 1 amide bonds. The Bertz CT molecular complexity index is 734. The van der Waals surface area contributed by atoms with Gasteiger partial charge < -0.3 is 5.32 Å². The molecule has 2 aromatic rings. The lowest BCUT2D eigenvalue weighted by Gasteiger charge is -2.03. The topological polar surface area (TPSA) is 82.9 Å². The number of rotatable bonds is 5. The number of aromatic nitrogens is 1. The molecule has 1 heterocycles. The number of nitrogens with one attached hydrogen (secondary N) is 1. The first kappa shape index (κ1) is 15.8. The molecule has 1 atom stereocenters. The number of carbonyl (C=O) groups excluding carboxylic acids is 2. The standard InChI is InChI=1S/C15H12FN3O2S/c1-18-15(21)11(7-17)14(20)12-8-19-13(22-12)6-9-2-4-10(16)5-3-9/h2-5,8,11H,6H2,1H3,(H,18,21)/t11-/m0/s1. The summed E-state index contributed by atoms with van der Waals surface area (Å²) in [5, 5.41) is 11.9. The van der Waals surface area contributed by atoms with Crippen LogP contribution in [0, 0.1) is 23.1 Å². The first-order valence-electron chi connectivity index (χ1n) is 6.39. The van der Waals surface area contributed by atoms with E-state index in [-0.39, 0.29) is 10.7 Å². The first-order chi connectivity index (χ1) is 10.5. The van der Waals surface area contributed by atoms with Gasteiger partial charge in [0.2, 0.25) is 11.7 Å². The van der Waals surface area contributed by atoms with Gasteiger partial charge in [0.25, 0.3) is 0 Å². The van der Waals surface area contributed by atoms with E-state index in [0.29, 0.717) is 11.4 Å². The van der Waals surface area contributed by atoms with Gasteiger partial charge in [0.1, 0.15) is 5.82 Å². The number of hydrogen-bond acceptors (Lipinski definition) is 5. The van der Waals surface area contributed by atoms with Gasteiger partial charge in [-0.3, -0.25) is 9.59 Å². The molecular weight excluding hydrogens is 305 g/mol. The number of nitriles is 1. The van der Waals surface area contributed by atoms with Crippen LogP contribution in [0.4, 0.5) is 4.39 Å². The third kappa shape index (κ3) is 3.54. The van der Waals surface area contributed by atoms with Gasteiger partial charge in [-0.2, -0.15) is 5.26 Å². The lowest BCUT2D eigenvalue weighted by molar-refractivity contribution is -0.121. The second-order valence-electron chi connectivity index (χ2n) is 4.46. The van der Waals surface area contributed by atoms with Gasteiger partial charge in [-0.05, 0) is 17.7 Å². The Hall–Kier alpha value is -2.59. The van der Waals surface area contributed by atoms with E-state index in [9.17, 15) is 14.0 Å². The molecule has 1 aromatic carbocycles. The quantitative estimate of drug-likeness (QED) is 0.675. The zero-order chi connectivity index (χ0) is 16.1. The molecule has 1 aromatic heterocycles. The SMILES string of the molecule is CNC(=O)[C@@H](C#N)C(=O)c1cnc(Cc2ccc(F)cc2)s1. The van der Waals surface area contributed by atoms with Gasteiger partial charge in [-0.25, -0.2) is 9.37 Å². The molecule has 2 rings (SSSR count). The molecule has 5 nitrogen and oxygen atoms in total. The zero-order valence-corrected chi connectivity index (χ0v) is 12.5. The van der Waals surface area contributed by atoms with E-state index in [1.54, 1.807) is 18.2 Å². The normalized spacial score (nSPS) is 11.5. The Morgan fingerprint density at radius 2 is 2.09 bits per heavy atom. The van der Waals surface area contributed by atoms with Crippen molar-refractivity contribution in [2.45, 2.75) is 6.42 Å². The van der Waals surface area contributed by atoms with Crippen LogP contribution in [0.25, 0.3) is 0 Å². The summed E-state index contributed by atoms with van der Waals surface area (Å²) >= 11 is 1.13. The predicted octanol–water partition coefficient (Wildman–Crippen LogP) is 1.94.